The molecule has 0 bridgehead atoms. The van der Waals surface area contributed by atoms with E-state index in [2.05, 4.69) is 97.1 Å². The van der Waals surface area contributed by atoms with E-state index < -0.39 is 0 Å². The summed E-state index contributed by atoms with van der Waals surface area (Å²) in [5.74, 6) is 1.79. The Morgan fingerprint density at radius 1 is 0.400 bits per heavy atom. The third-order valence-electron chi connectivity index (χ3n) is 4.67. The maximum Gasteiger partial charge on any atom is 0.134 e. The number of hydrogen-bond acceptors (Lipinski definition) is 1. The lowest BCUT2D eigenvalue weighted by atomic mass is 10.1. The smallest absolute Gasteiger partial charge is 0.134 e. The molecule has 0 aliphatic carbocycles. The third-order valence-corrected chi connectivity index (χ3v) is 4.67. The molecule has 0 amide bonds. The van der Waals surface area contributed by atoms with E-state index in [9.17, 15) is 0 Å². The van der Waals surface area contributed by atoms with Crippen LogP contribution in [0.1, 0.15) is 0 Å². The predicted molar refractivity (Wildman–Crippen MR) is 105 cm³/mol. The second-order valence-corrected chi connectivity index (χ2v) is 6.29. The molecule has 0 radical (unpaired) electrons. The zero-order valence-corrected chi connectivity index (χ0v) is 13.6. The van der Waals surface area contributed by atoms with Crippen molar-refractivity contribution in [1.82, 2.24) is 0 Å². The highest BCUT2D eigenvalue weighted by atomic mass is 16.3. The second-order valence-electron chi connectivity index (χ2n) is 6.29. The first kappa shape index (κ1) is 14.1. The minimum Gasteiger partial charge on any atom is -0.456 e. The summed E-state index contributed by atoms with van der Waals surface area (Å²) in [7, 11) is 0. The Kier molecular flexibility index (Phi) is 3.17. The molecule has 1 heteroatoms. The SMILES string of the molecule is c1ccc2cc(-c3ccc(-c4ccc5ccccc5c4)o3)ccc2c1. The van der Waals surface area contributed by atoms with Crippen LogP contribution in [0.4, 0.5) is 0 Å². The van der Waals surface area contributed by atoms with Crippen LogP contribution in [0.5, 0.6) is 0 Å². The van der Waals surface area contributed by atoms with Crippen molar-refractivity contribution in [3.8, 4) is 22.6 Å². The van der Waals surface area contributed by atoms with Crippen LogP contribution < -0.4 is 0 Å². The van der Waals surface area contributed by atoms with E-state index in [-0.39, 0.29) is 0 Å². The molecule has 0 spiro atoms. The molecule has 4 aromatic carbocycles. The maximum atomic E-state index is 6.15. The van der Waals surface area contributed by atoms with Crippen LogP contribution in [0.15, 0.2) is 101 Å². The van der Waals surface area contributed by atoms with Crippen LogP contribution in [0.3, 0.4) is 0 Å². The summed E-state index contributed by atoms with van der Waals surface area (Å²) in [4.78, 5) is 0. The number of benzene rings is 4. The van der Waals surface area contributed by atoms with Crippen molar-refractivity contribution in [3.05, 3.63) is 97.1 Å². The minimum absolute atomic E-state index is 0.897. The number of hydrogen-bond donors (Lipinski definition) is 0. The fourth-order valence-corrected chi connectivity index (χ4v) is 3.33. The van der Waals surface area contributed by atoms with Gasteiger partial charge in [0.15, 0.2) is 0 Å². The van der Waals surface area contributed by atoms with Crippen molar-refractivity contribution in [3.63, 3.8) is 0 Å². The molecule has 1 aromatic heterocycles. The summed E-state index contributed by atoms with van der Waals surface area (Å²) in [6, 6.07) is 33.7. The molecule has 118 valence electrons. The van der Waals surface area contributed by atoms with E-state index in [1.54, 1.807) is 0 Å². The molecule has 0 atom stereocenters. The molecule has 5 aromatic rings. The zero-order chi connectivity index (χ0) is 16.6. The number of furan rings is 1. The van der Waals surface area contributed by atoms with Crippen LogP contribution in [-0.4, -0.2) is 0 Å². The molecule has 0 saturated heterocycles. The van der Waals surface area contributed by atoms with Crippen molar-refractivity contribution in [2.45, 2.75) is 0 Å². The quantitative estimate of drug-likeness (QED) is 0.344. The third kappa shape index (κ3) is 2.50. The molecule has 25 heavy (non-hydrogen) atoms. The normalized spacial score (nSPS) is 11.2. The number of fused-ring (bicyclic) bond motifs is 2. The summed E-state index contributed by atoms with van der Waals surface area (Å²) in [5, 5.41) is 4.94. The molecule has 1 nitrogen and oxygen atoms in total. The van der Waals surface area contributed by atoms with Crippen LogP contribution in [0, 0.1) is 0 Å². The summed E-state index contributed by atoms with van der Waals surface area (Å²) >= 11 is 0. The van der Waals surface area contributed by atoms with Crippen molar-refractivity contribution >= 4 is 21.5 Å². The highest BCUT2D eigenvalue weighted by molar-refractivity contribution is 5.88. The van der Waals surface area contributed by atoms with E-state index in [0.717, 1.165) is 22.6 Å². The van der Waals surface area contributed by atoms with Crippen molar-refractivity contribution in [1.29, 1.82) is 0 Å². The predicted octanol–water partition coefficient (Wildman–Crippen LogP) is 6.92. The van der Waals surface area contributed by atoms with Crippen molar-refractivity contribution in [2.24, 2.45) is 0 Å². The lowest BCUT2D eigenvalue weighted by Gasteiger charge is -2.03. The molecular weight excluding hydrogens is 304 g/mol. The summed E-state index contributed by atoms with van der Waals surface area (Å²) in [5.41, 5.74) is 2.21. The lowest BCUT2D eigenvalue weighted by Crippen LogP contribution is -1.77. The van der Waals surface area contributed by atoms with Gasteiger partial charge in [0.2, 0.25) is 0 Å². The van der Waals surface area contributed by atoms with E-state index in [1.807, 2.05) is 0 Å². The van der Waals surface area contributed by atoms with Gasteiger partial charge >= 0.3 is 0 Å². The molecule has 0 aliphatic heterocycles. The van der Waals surface area contributed by atoms with E-state index >= 15 is 0 Å². The number of rotatable bonds is 2. The zero-order valence-electron chi connectivity index (χ0n) is 13.6. The maximum absolute atomic E-state index is 6.15. The first-order valence-electron chi connectivity index (χ1n) is 8.45. The summed E-state index contributed by atoms with van der Waals surface area (Å²) in [6.07, 6.45) is 0. The van der Waals surface area contributed by atoms with Gasteiger partial charge in [-0.3, -0.25) is 0 Å². The topological polar surface area (TPSA) is 13.1 Å². The first-order valence-corrected chi connectivity index (χ1v) is 8.45. The summed E-state index contributed by atoms with van der Waals surface area (Å²) < 4.78 is 6.15. The van der Waals surface area contributed by atoms with Gasteiger partial charge in [0.25, 0.3) is 0 Å². The van der Waals surface area contributed by atoms with Crippen LogP contribution in [0.25, 0.3) is 44.2 Å². The van der Waals surface area contributed by atoms with Gasteiger partial charge in [0, 0.05) is 11.1 Å². The molecule has 0 N–H and O–H groups in total. The minimum atomic E-state index is 0.897. The van der Waals surface area contributed by atoms with E-state index in [0.29, 0.717) is 0 Å². The fourth-order valence-electron chi connectivity index (χ4n) is 3.33. The highest BCUT2D eigenvalue weighted by Gasteiger charge is 2.08. The largest absolute Gasteiger partial charge is 0.456 e. The molecule has 0 unspecified atom stereocenters. The molecule has 1 heterocycles. The Bertz CT molecular complexity index is 1100. The first-order chi connectivity index (χ1) is 12.4. The van der Waals surface area contributed by atoms with Gasteiger partial charge in [0.05, 0.1) is 0 Å². The van der Waals surface area contributed by atoms with Gasteiger partial charge in [-0.1, -0.05) is 72.8 Å². The van der Waals surface area contributed by atoms with E-state index in [4.69, 9.17) is 4.42 Å². The molecule has 0 aliphatic rings. The van der Waals surface area contributed by atoms with Crippen LogP contribution in [-0.2, 0) is 0 Å². The average molecular weight is 320 g/mol. The Balaban J connectivity index is 1.57. The van der Waals surface area contributed by atoms with Gasteiger partial charge in [-0.2, -0.15) is 0 Å². The standard InChI is InChI=1S/C24H16O/c1-3-7-19-15-21(11-9-17(19)5-1)23-13-14-24(25-23)22-12-10-18-6-2-4-8-20(18)16-22/h1-16H. The Morgan fingerprint density at radius 2 is 0.840 bits per heavy atom. The lowest BCUT2D eigenvalue weighted by molar-refractivity contribution is 0.597. The molecular formula is C24H16O. The van der Waals surface area contributed by atoms with Gasteiger partial charge < -0.3 is 4.42 Å². The monoisotopic (exact) mass is 320 g/mol. The van der Waals surface area contributed by atoms with Crippen LogP contribution in [0.2, 0.25) is 0 Å². The molecule has 5 rings (SSSR count). The average Bonchev–Trinajstić information content (AvgIpc) is 3.17. The Hall–Kier alpha value is -3.32. The van der Waals surface area contributed by atoms with Gasteiger partial charge in [-0.05, 0) is 45.8 Å². The van der Waals surface area contributed by atoms with Crippen molar-refractivity contribution in [2.75, 3.05) is 0 Å². The fraction of sp³-hybridized carbons (Fsp3) is 0. The Morgan fingerprint density at radius 3 is 1.32 bits per heavy atom. The van der Waals surface area contributed by atoms with Crippen LogP contribution >= 0.6 is 0 Å². The molecule has 0 saturated carbocycles. The summed E-state index contributed by atoms with van der Waals surface area (Å²) in [6.45, 7) is 0. The van der Waals surface area contributed by atoms with Crippen molar-refractivity contribution < 1.29 is 4.42 Å². The highest BCUT2D eigenvalue weighted by Crippen LogP contribution is 2.31. The molecule has 0 fully saturated rings. The van der Waals surface area contributed by atoms with Gasteiger partial charge in [0.1, 0.15) is 11.5 Å². The second kappa shape index (κ2) is 5.64. The van der Waals surface area contributed by atoms with E-state index in [1.165, 1.54) is 21.5 Å². The van der Waals surface area contributed by atoms with Gasteiger partial charge in [-0.15, -0.1) is 0 Å². The Labute approximate surface area is 146 Å². The van der Waals surface area contributed by atoms with Gasteiger partial charge in [-0.25, -0.2) is 0 Å².